The molecule has 3 saturated carbocycles. The van der Waals surface area contributed by atoms with E-state index in [9.17, 15) is 4.79 Å². The van der Waals surface area contributed by atoms with Crippen molar-refractivity contribution in [2.45, 2.75) is 24.0 Å². The highest BCUT2D eigenvalue weighted by Gasteiger charge is 2.70. The fraction of sp³-hybridized carbons (Fsp3) is 0.833. The molecule has 0 aromatic carbocycles. The number of carbonyl (C=O) groups is 1. The molecule has 1 N–H and O–H groups in total. The van der Waals surface area contributed by atoms with Crippen molar-refractivity contribution in [2.24, 2.45) is 5.41 Å². The van der Waals surface area contributed by atoms with Crippen LogP contribution < -0.4 is 0 Å². The Morgan fingerprint density at radius 1 is 1.44 bits per heavy atom. The van der Waals surface area contributed by atoms with Crippen LogP contribution in [0.2, 0.25) is 0 Å². The van der Waals surface area contributed by atoms with Crippen LogP contribution >= 0.6 is 12.6 Å². The van der Waals surface area contributed by atoms with Crippen LogP contribution in [0.5, 0.6) is 0 Å². The van der Waals surface area contributed by atoms with Crippen molar-refractivity contribution in [2.75, 3.05) is 0 Å². The minimum Gasteiger partial charge on any atom is -0.481 e. The van der Waals surface area contributed by atoms with Crippen LogP contribution in [0.4, 0.5) is 0 Å². The number of hydrogen-bond donors (Lipinski definition) is 2. The van der Waals surface area contributed by atoms with Gasteiger partial charge in [0.25, 0.3) is 0 Å². The third kappa shape index (κ3) is 0.467. The van der Waals surface area contributed by atoms with Gasteiger partial charge in [-0.3, -0.25) is 4.79 Å². The predicted octanol–water partition coefficient (Wildman–Crippen LogP) is 0.923. The number of carboxylic acid groups (broad SMARTS) is 1. The molecule has 0 aromatic rings. The van der Waals surface area contributed by atoms with Crippen molar-refractivity contribution in [3.05, 3.63) is 0 Å². The molecule has 3 heteroatoms. The van der Waals surface area contributed by atoms with Crippen molar-refractivity contribution in [3.8, 4) is 0 Å². The lowest BCUT2D eigenvalue weighted by molar-refractivity contribution is -0.176. The summed E-state index contributed by atoms with van der Waals surface area (Å²) in [5.41, 5.74) is -0.332. The molecule has 2 bridgehead atoms. The Hall–Kier alpha value is -0.180. The minimum absolute atomic E-state index is 0.123. The zero-order chi connectivity index (χ0) is 6.70. The van der Waals surface area contributed by atoms with Gasteiger partial charge < -0.3 is 5.11 Å². The topological polar surface area (TPSA) is 37.3 Å². The van der Waals surface area contributed by atoms with E-state index in [4.69, 9.17) is 5.11 Å². The van der Waals surface area contributed by atoms with Crippen LogP contribution in [0.3, 0.4) is 0 Å². The molecule has 0 spiro atoms. The molecule has 3 aliphatic carbocycles. The zero-order valence-electron chi connectivity index (χ0n) is 4.92. The first-order valence-corrected chi connectivity index (χ1v) is 3.47. The van der Waals surface area contributed by atoms with E-state index in [0.29, 0.717) is 0 Å². The molecule has 3 fully saturated rings. The van der Waals surface area contributed by atoms with Gasteiger partial charge in [0.2, 0.25) is 0 Å². The first-order valence-electron chi connectivity index (χ1n) is 3.02. The summed E-state index contributed by atoms with van der Waals surface area (Å²) in [7, 11) is 0. The molecule has 0 amide bonds. The van der Waals surface area contributed by atoms with Crippen LogP contribution in [0.25, 0.3) is 0 Å². The van der Waals surface area contributed by atoms with Crippen LogP contribution in [0.15, 0.2) is 0 Å². The van der Waals surface area contributed by atoms with Gasteiger partial charge >= 0.3 is 5.97 Å². The third-order valence-corrected chi connectivity index (χ3v) is 2.93. The Balaban J connectivity index is 2.13. The van der Waals surface area contributed by atoms with Gasteiger partial charge in [-0.15, -0.1) is 0 Å². The molecule has 3 rings (SSSR count). The van der Waals surface area contributed by atoms with E-state index in [2.05, 4.69) is 12.6 Å². The molecule has 3 aliphatic rings. The lowest BCUT2D eigenvalue weighted by Gasteiger charge is -2.65. The van der Waals surface area contributed by atoms with E-state index in [1.54, 1.807) is 0 Å². The first-order chi connectivity index (χ1) is 4.06. The van der Waals surface area contributed by atoms with Crippen molar-refractivity contribution in [1.82, 2.24) is 0 Å². The van der Waals surface area contributed by atoms with E-state index in [0.717, 1.165) is 19.3 Å². The highest BCUT2D eigenvalue weighted by molar-refractivity contribution is 7.82. The second kappa shape index (κ2) is 1.15. The van der Waals surface area contributed by atoms with Crippen molar-refractivity contribution in [3.63, 3.8) is 0 Å². The van der Waals surface area contributed by atoms with Crippen LogP contribution in [0.1, 0.15) is 19.3 Å². The monoisotopic (exact) mass is 144 g/mol. The van der Waals surface area contributed by atoms with Crippen molar-refractivity contribution in [1.29, 1.82) is 0 Å². The third-order valence-electron chi connectivity index (χ3n) is 2.46. The highest BCUT2D eigenvalue weighted by Crippen LogP contribution is 2.70. The van der Waals surface area contributed by atoms with Gasteiger partial charge in [-0.05, 0) is 19.3 Å². The maximum atomic E-state index is 10.4. The lowest BCUT2D eigenvalue weighted by atomic mass is 9.43. The number of hydrogen-bond acceptors (Lipinski definition) is 2. The molecule has 0 aromatic heterocycles. The summed E-state index contributed by atoms with van der Waals surface area (Å²) in [5, 5.41) is 8.61. The molecular formula is C6H8O2S. The molecule has 0 aliphatic heterocycles. The standard InChI is InChI=1S/C6H8O2S/c7-4(8)5-1-6(9,2-5)3-5/h9H,1-3H2,(H,7,8). The maximum Gasteiger partial charge on any atom is 0.309 e. The Morgan fingerprint density at radius 3 is 2.00 bits per heavy atom. The van der Waals surface area contributed by atoms with E-state index in [1.165, 1.54) is 0 Å². The average Bonchev–Trinajstić information content (AvgIpc) is 1.54. The molecule has 0 atom stereocenters. The van der Waals surface area contributed by atoms with Gasteiger partial charge in [0.15, 0.2) is 0 Å². The highest BCUT2D eigenvalue weighted by atomic mass is 32.1. The lowest BCUT2D eigenvalue weighted by Crippen LogP contribution is -2.67. The fourth-order valence-corrected chi connectivity index (χ4v) is 2.87. The molecular weight excluding hydrogens is 136 g/mol. The van der Waals surface area contributed by atoms with Gasteiger partial charge in [-0.1, -0.05) is 0 Å². The molecule has 0 radical (unpaired) electrons. The number of carboxylic acids is 1. The van der Waals surface area contributed by atoms with Gasteiger partial charge in [0, 0.05) is 4.75 Å². The Bertz CT molecular complexity index is 168. The zero-order valence-corrected chi connectivity index (χ0v) is 5.82. The van der Waals surface area contributed by atoms with Crippen molar-refractivity contribution < 1.29 is 9.90 Å². The quantitative estimate of drug-likeness (QED) is 0.537. The Labute approximate surface area is 58.7 Å². The summed E-state index contributed by atoms with van der Waals surface area (Å²) in [6.07, 6.45) is 2.37. The average molecular weight is 144 g/mol. The molecule has 9 heavy (non-hydrogen) atoms. The summed E-state index contributed by atoms with van der Waals surface area (Å²) in [5.74, 6) is -0.626. The predicted molar refractivity (Wildman–Crippen MR) is 35.6 cm³/mol. The van der Waals surface area contributed by atoms with Crippen molar-refractivity contribution >= 4 is 18.6 Å². The van der Waals surface area contributed by atoms with E-state index in [1.807, 2.05) is 0 Å². The van der Waals surface area contributed by atoms with Gasteiger partial charge in [-0.2, -0.15) is 12.6 Å². The largest absolute Gasteiger partial charge is 0.481 e. The Kier molecular flexibility index (Phi) is 0.712. The Morgan fingerprint density at radius 2 is 1.89 bits per heavy atom. The summed E-state index contributed by atoms with van der Waals surface area (Å²) in [4.78, 5) is 10.4. The molecule has 0 saturated heterocycles. The van der Waals surface area contributed by atoms with E-state index in [-0.39, 0.29) is 10.2 Å². The van der Waals surface area contributed by atoms with Crippen LogP contribution in [0, 0.1) is 5.41 Å². The second-order valence-corrected chi connectivity index (χ2v) is 4.29. The summed E-state index contributed by atoms with van der Waals surface area (Å²) < 4.78 is 0.123. The second-order valence-electron chi connectivity index (χ2n) is 3.34. The van der Waals surface area contributed by atoms with Gasteiger partial charge in [-0.25, -0.2) is 0 Å². The number of thiol groups is 1. The van der Waals surface area contributed by atoms with Crippen LogP contribution in [-0.2, 0) is 4.79 Å². The van der Waals surface area contributed by atoms with E-state index < -0.39 is 5.97 Å². The normalized spacial score (nSPS) is 53.4. The minimum atomic E-state index is -0.626. The maximum absolute atomic E-state index is 10.4. The van der Waals surface area contributed by atoms with Crippen LogP contribution in [-0.4, -0.2) is 15.8 Å². The SMILES string of the molecule is O=C(O)C12CC(S)(C1)C2. The number of rotatable bonds is 1. The smallest absolute Gasteiger partial charge is 0.309 e. The fourth-order valence-electron chi connectivity index (χ4n) is 1.96. The first kappa shape index (κ1) is 5.59. The summed E-state index contributed by atoms with van der Waals surface area (Å²) >= 11 is 4.29. The summed E-state index contributed by atoms with van der Waals surface area (Å²) in [6.45, 7) is 0. The van der Waals surface area contributed by atoms with Gasteiger partial charge in [0.1, 0.15) is 0 Å². The van der Waals surface area contributed by atoms with E-state index >= 15 is 0 Å². The van der Waals surface area contributed by atoms with Gasteiger partial charge in [0.05, 0.1) is 5.41 Å². The number of aliphatic carboxylic acids is 1. The molecule has 0 unspecified atom stereocenters. The molecule has 50 valence electrons. The molecule has 2 nitrogen and oxygen atoms in total. The molecule has 0 heterocycles. The summed E-state index contributed by atoms with van der Waals surface area (Å²) in [6, 6.07) is 0.